The summed E-state index contributed by atoms with van der Waals surface area (Å²) < 4.78 is 17.1. The first kappa shape index (κ1) is 29.6. The van der Waals surface area contributed by atoms with E-state index in [4.69, 9.17) is 14.2 Å². The van der Waals surface area contributed by atoms with Gasteiger partial charge in [-0.15, -0.1) is 0 Å². The molecule has 0 aliphatic carbocycles. The smallest absolute Gasteiger partial charge is 0.295 e. The molecule has 0 spiro atoms. The van der Waals surface area contributed by atoms with Gasteiger partial charge in [-0.1, -0.05) is 39.3 Å². The Morgan fingerprint density at radius 3 is 2.38 bits per heavy atom. The van der Waals surface area contributed by atoms with E-state index in [0.717, 1.165) is 42.8 Å². The lowest BCUT2D eigenvalue weighted by molar-refractivity contribution is -0.140. The standard InChI is InChI=1S/C32H42N2O6/c1-5-6-17-39-25-9-7-24(8-10-25)29-28(30(35)27-12-11-26(20-23(27)4)40-21-22(2)3)31(36)32(37)34(29)14-13-33-15-18-38-19-16-33/h7-12,20,22,29,35H,5-6,13-19,21H2,1-4H3. The van der Waals surface area contributed by atoms with Gasteiger partial charge in [-0.2, -0.15) is 0 Å². The number of morpholine rings is 1. The molecule has 2 heterocycles. The summed E-state index contributed by atoms with van der Waals surface area (Å²) in [4.78, 5) is 30.7. The van der Waals surface area contributed by atoms with Crippen molar-refractivity contribution < 1.29 is 28.9 Å². The quantitative estimate of drug-likeness (QED) is 0.173. The minimum atomic E-state index is -0.706. The third-order valence-electron chi connectivity index (χ3n) is 7.30. The SMILES string of the molecule is CCCCOc1ccc(C2C(=C(O)c3ccc(OCC(C)C)cc3C)C(=O)C(=O)N2CCN2CCOCC2)cc1. The van der Waals surface area contributed by atoms with Crippen molar-refractivity contribution in [3.8, 4) is 11.5 Å². The van der Waals surface area contributed by atoms with E-state index in [9.17, 15) is 14.7 Å². The number of aliphatic hydroxyl groups excluding tert-OH is 1. The number of nitrogens with zero attached hydrogens (tertiary/aromatic N) is 2. The maximum atomic E-state index is 13.5. The Hall–Kier alpha value is -3.36. The number of aryl methyl sites for hydroxylation is 1. The number of ether oxygens (including phenoxy) is 3. The van der Waals surface area contributed by atoms with Crippen molar-refractivity contribution in [3.63, 3.8) is 0 Å². The van der Waals surface area contributed by atoms with Crippen LogP contribution in [0.5, 0.6) is 11.5 Å². The second-order valence-electron chi connectivity index (χ2n) is 10.9. The number of carbonyl (C=O) groups excluding carboxylic acids is 2. The summed E-state index contributed by atoms with van der Waals surface area (Å²) in [5.74, 6) is 0.364. The molecule has 1 N–H and O–H groups in total. The van der Waals surface area contributed by atoms with Crippen molar-refractivity contribution >= 4 is 17.4 Å². The number of carbonyl (C=O) groups is 2. The Balaban J connectivity index is 1.68. The van der Waals surface area contributed by atoms with Crippen molar-refractivity contribution in [1.82, 2.24) is 9.80 Å². The predicted molar refractivity (Wildman–Crippen MR) is 155 cm³/mol. The maximum Gasteiger partial charge on any atom is 0.295 e. The fraction of sp³-hybridized carbons (Fsp3) is 0.500. The van der Waals surface area contributed by atoms with Crippen molar-refractivity contribution in [1.29, 1.82) is 0 Å². The number of benzene rings is 2. The van der Waals surface area contributed by atoms with E-state index in [-0.39, 0.29) is 11.3 Å². The predicted octanol–water partition coefficient (Wildman–Crippen LogP) is 4.96. The van der Waals surface area contributed by atoms with Crippen LogP contribution in [0.4, 0.5) is 0 Å². The van der Waals surface area contributed by atoms with Crippen LogP contribution in [0, 0.1) is 12.8 Å². The first-order valence-electron chi connectivity index (χ1n) is 14.3. The molecule has 2 saturated heterocycles. The first-order valence-corrected chi connectivity index (χ1v) is 14.3. The van der Waals surface area contributed by atoms with Gasteiger partial charge in [0.1, 0.15) is 17.3 Å². The average Bonchev–Trinajstić information content (AvgIpc) is 3.20. The van der Waals surface area contributed by atoms with Crippen LogP contribution in [-0.2, 0) is 14.3 Å². The van der Waals surface area contributed by atoms with Gasteiger partial charge in [0.2, 0.25) is 0 Å². The van der Waals surface area contributed by atoms with E-state index in [1.165, 1.54) is 0 Å². The lowest BCUT2D eigenvalue weighted by atomic mass is 9.94. The molecule has 2 aromatic rings. The van der Waals surface area contributed by atoms with E-state index in [1.807, 2.05) is 37.3 Å². The van der Waals surface area contributed by atoms with E-state index in [1.54, 1.807) is 17.0 Å². The fourth-order valence-corrected chi connectivity index (χ4v) is 5.01. The van der Waals surface area contributed by atoms with Crippen LogP contribution in [0.1, 0.15) is 56.3 Å². The molecule has 40 heavy (non-hydrogen) atoms. The van der Waals surface area contributed by atoms with Crippen molar-refractivity contribution in [2.24, 2.45) is 5.92 Å². The van der Waals surface area contributed by atoms with Crippen molar-refractivity contribution in [2.45, 2.75) is 46.6 Å². The van der Waals surface area contributed by atoms with Crippen LogP contribution in [0.3, 0.4) is 0 Å². The Morgan fingerprint density at radius 2 is 1.73 bits per heavy atom. The summed E-state index contributed by atoms with van der Waals surface area (Å²) >= 11 is 0. The number of Topliss-reactive ketones (excluding diaryl/α,β-unsaturated/α-hetero) is 1. The fourth-order valence-electron chi connectivity index (χ4n) is 5.01. The zero-order valence-electron chi connectivity index (χ0n) is 24.2. The molecule has 1 amide bonds. The normalized spacial score (nSPS) is 19.4. The van der Waals surface area contributed by atoms with Gasteiger partial charge in [0.05, 0.1) is 38.0 Å². The summed E-state index contributed by atoms with van der Waals surface area (Å²) in [6.07, 6.45) is 2.00. The van der Waals surface area contributed by atoms with Crippen LogP contribution in [0.2, 0.25) is 0 Å². The highest BCUT2D eigenvalue weighted by Gasteiger charge is 2.46. The summed E-state index contributed by atoms with van der Waals surface area (Å²) in [7, 11) is 0. The molecule has 8 heteroatoms. The zero-order valence-corrected chi connectivity index (χ0v) is 24.2. The number of aliphatic hydroxyl groups is 1. The number of amides is 1. The monoisotopic (exact) mass is 550 g/mol. The zero-order chi connectivity index (χ0) is 28.6. The largest absolute Gasteiger partial charge is 0.507 e. The number of hydrogen-bond acceptors (Lipinski definition) is 7. The second kappa shape index (κ2) is 13.8. The van der Waals surface area contributed by atoms with E-state index < -0.39 is 17.7 Å². The number of ketones is 1. The van der Waals surface area contributed by atoms with Gasteiger partial charge in [0.15, 0.2) is 0 Å². The highest BCUT2D eigenvalue weighted by atomic mass is 16.5. The molecule has 2 aliphatic heterocycles. The van der Waals surface area contributed by atoms with Gasteiger partial charge in [0, 0.05) is 31.7 Å². The minimum absolute atomic E-state index is 0.102. The summed E-state index contributed by atoms with van der Waals surface area (Å²) in [6, 6.07) is 12.2. The van der Waals surface area contributed by atoms with Crippen LogP contribution in [0.15, 0.2) is 48.0 Å². The van der Waals surface area contributed by atoms with E-state index in [0.29, 0.717) is 56.7 Å². The van der Waals surface area contributed by atoms with Crippen molar-refractivity contribution in [2.75, 3.05) is 52.6 Å². The summed E-state index contributed by atoms with van der Waals surface area (Å²) in [5, 5.41) is 11.6. The summed E-state index contributed by atoms with van der Waals surface area (Å²) in [5.41, 5.74) is 2.12. The topological polar surface area (TPSA) is 88.5 Å². The first-order chi connectivity index (χ1) is 19.3. The van der Waals surface area contributed by atoms with Crippen LogP contribution >= 0.6 is 0 Å². The molecule has 2 fully saturated rings. The third kappa shape index (κ3) is 7.04. The number of likely N-dealkylation sites (tertiary alicyclic amines) is 1. The second-order valence-corrected chi connectivity index (χ2v) is 10.9. The summed E-state index contributed by atoms with van der Waals surface area (Å²) in [6.45, 7) is 13.2. The number of hydrogen-bond donors (Lipinski definition) is 1. The third-order valence-corrected chi connectivity index (χ3v) is 7.30. The molecule has 4 rings (SSSR count). The molecular formula is C32H42N2O6. The molecule has 1 atom stereocenters. The molecule has 1 unspecified atom stereocenters. The van der Waals surface area contributed by atoms with Gasteiger partial charge in [-0.3, -0.25) is 14.5 Å². The Labute approximate surface area is 237 Å². The van der Waals surface area contributed by atoms with Crippen LogP contribution < -0.4 is 9.47 Å². The highest BCUT2D eigenvalue weighted by molar-refractivity contribution is 6.46. The maximum absolute atomic E-state index is 13.5. The van der Waals surface area contributed by atoms with Gasteiger partial charge in [-0.25, -0.2) is 0 Å². The molecule has 0 saturated carbocycles. The molecule has 0 aromatic heterocycles. The van der Waals surface area contributed by atoms with Gasteiger partial charge in [-0.05, 0) is 60.7 Å². The number of rotatable bonds is 12. The Kier molecular flexibility index (Phi) is 10.2. The molecule has 2 aliphatic rings. The van der Waals surface area contributed by atoms with E-state index in [2.05, 4.69) is 25.7 Å². The lowest BCUT2D eigenvalue weighted by Crippen LogP contribution is -2.42. The van der Waals surface area contributed by atoms with Gasteiger partial charge in [0.25, 0.3) is 11.7 Å². The Bertz CT molecular complexity index is 1200. The molecule has 0 radical (unpaired) electrons. The van der Waals surface area contributed by atoms with Gasteiger partial charge < -0.3 is 24.2 Å². The Morgan fingerprint density at radius 1 is 1.02 bits per heavy atom. The molecule has 8 nitrogen and oxygen atoms in total. The molecule has 2 aromatic carbocycles. The number of unbranched alkanes of at least 4 members (excludes halogenated alkanes) is 1. The molecule has 0 bridgehead atoms. The van der Waals surface area contributed by atoms with Crippen LogP contribution in [0.25, 0.3) is 5.76 Å². The lowest BCUT2D eigenvalue weighted by Gasteiger charge is -2.31. The molecular weight excluding hydrogens is 508 g/mol. The van der Waals surface area contributed by atoms with Gasteiger partial charge >= 0.3 is 0 Å². The average molecular weight is 551 g/mol. The van der Waals surface area contributed by atoms with Crippen molar-refractivity contribution in [3.05, 3.63) is 64.7 Å². The highest BCUT2D eigenvalue weighted by Crippen LogP contribution is 2.40. The minimum Gasteiger partial charge on any atom is -0.507 e. The van der Waals surface area contributed by atoms with Crippen LogP contribution in [-0.4, -0.2) is 79.2 Å². The molecule has 216 valence electrons. The van der Waals surface area contributed by atoms with E-state index >= 15 is 0 Å².